The molecule has 1 atom stereocenters. The van der Waals surface area contributed by atoms with Crippen molar-refractivity contribution in [2.45, 2.75) is 6.04 Å². The molecule has 1 aromatic carbocycles. The number of nitrogens with zero attached hydrogens (tertiary/aromatic N) is 5. The molecule has 0 amide bonds. The zero-order chi connectivity index (χ0) is 19.1. The molecular formula is C16H12N10S. The molecule has 0 spiro atoms. The van der Waals surface area contributed by atoms with Crippen LogP contribution in [0.15, 0.2) is 23.2 Å². The van der Waals surface area contributed by atoms with Gasteiger partial charge < -0.3 is 22.5 Å². The second-order valence-corrected chi connectivity index (χ2v) is 6.74. The van der Waals surface area contributed by atoms with Crippen LogP contribution < -0.4 is 27.8 Å². The maximum Gasteiger partial charge on any atom is 0.211 e. The lowest BCUT2D eigenvalue weighted by Crippen LogP contribution is -2.32. The number of nitrogens with one attached hydrogen (secondary N) is 2. The Hall–Kier alpha value is -4.09. The van der Waals surface area contributed by atoms with Crippen LogP contribution in [0.5, 0.6) is 0 Å². The van der Waals surface area contributed by atoms with Crippen molar-refractivity contribution in [3.63, 3.8) is 0 Å². The number of thiazole rings is 1. The fourth-order valence-electron chi connectivity index (χ4n) is 2.95. The van der Waals surface area contributed by atoms with Crippen molar-refractivity contribution in [3.05, 3.63) is 34.9 Å². The van der Waals surface area contributed by atoms with Gasteiger partial charge in [-0.25, -0.2) is 15.0 Å². The maximum absolute atomic E-state index is 9.36. The average molecular weight is 376 g/mol. The molecule has 1 aliphatic heterocycles. The Labute approximate surface area is 157 Å². The summed E-state index contributed by atoms with van der Waals surface area (Å²) < 4.78 is 0.887. The lowest BCUT2D eigenvalue weighted by molar-refractivity contribution is 0.848. The van der Waals surface area contributed by atoms with Gasteiger partial charge in [-0.15, -0.1) is 0 Å². The summed E-state index contributed by atoms with van der Waals surface area (Å²) in [6.45, 7) is 0. The number of aliphatic imine (C=N–C) groups is 1. The molecule has 0 aliphatic carbocycles. The number of nitrogens with two attached hydrogens (primary N) is 3. The molecule has 3 aromatic rings. The molecule has 0 fully saturated rings. The van der Waals surface area contributed by atoms with Gasteiger partial charge in [0.05, 0.1) is 15.9 Å². The van der Waals surface area contributed by atoms with E-state index in [9.17, 15) is 5.26 Å². The van der Waals surface area contributed by atoms with Crippen LogP contribution >= 0.6 is 11.3 Å². The van der Waals surface area contributed by atoms with Crippen LogP contribution in [0.2, 0.25) is 0 Å². The first-order valence-electron chi connectivity index (χ1n) is 7.66. The SMILES string of the molecule is N#CNC1=NC(c2ccc3nc(N)sc3c2)c2c(nc(N)c(C#N)c2N)N1. The molecule has 1 unspecified atom stereocenters. The van der Waals surface area contributed by atoms with Crippen LogP contribution in [0.4, 0.5) is 22.5 Å². The number of nitrogen functional groups attached to an aromatic ring is 3. The number of guanidine groups is 1. The van der Waals surface area contributed by atoms with Crippen LogP contribution in [0, 0.1) is 22.8 Å². The molecule has 10 nitrogen and oxygen atoms in total. The highest BCUT2D eigenvalue weighted by molar-refractivity contribution is 7.22. The van der Waals surface area contributed by atoms with Gasteiger partial charge in [0.2, 0.25) is 5.96 Å². The molecule has 1 aliphatic rings. The van der Waals surface area contributed by atoms with Crippen LogP contribution in [-0.4, -0.2) is 15.9 Å². The van der Waals surface area contributed by atoms with E-state index in [1.165, 1.54) is 11.3 Å². The minimum absolute atomic E-state index is 0.00360. The van der Waals surface area contributed by atoms with Crippen molar-refractivity contribution in [3.8, 4) is 12.3 Å². The molecule has 0 saturated heterocycles. The largest absolute Gasteiger partial charge is 0.397 e. The van der Waals surface area contributed by atoms with E-state index in [4.69, 9.17) is 22.5 Å². The summed E-state index contributed by atoms with van der Waals surface area (Å²) in [5.74, 6) is 0.546. The van der Waals surface area contributed by atoms with Crippen molar-refractivity contribution in [1.29, 1.82) is 10.5 Å². The summed E-state index contributed by atoms with van der Waals surface area (Å²) in [6.07, 6.45) is 1.81. The first kappa shape index (κ1) is 16.4. The first-order valence-corrected chi connectivity index (χ1v) is 8.48. The van der Waals surface area contributed by atoms with Crippen LogP contribution in [-0.2, 0) is 0 Å². The number of benzene rings is 1. The molecule has 0 bridgehead atoms. The first-order chi connectivity index (χ1) is 13.0. The topological polar surface area (TPSA) is 188 Å². The Bertz CT molecular complexity index is 1200. The number of pyridine rings is 1. The molecule has 132 valence electrons. The van der Waals surface area contributed by atoms with E-state index in [1.807, 2.05) is 30.5 Å². The number of hydrogen-bond donors (Lipinski definition) is 5. The zero-order valence-corrected chi connectivity index (χ0v) is 14.5. The van der Waals surface area contributed by atoms with Gasteiger partial charge >= 0.3 is 0 Å². The second kappa shape index (κ2) is 6.01. The summed E-state index contributed by atoms with van der Waals surface area (Å²) in [6, 6.07) is 6.96. The zero-order valence-electron chi connectivity index (χ0n) is 13.7. The lowest BCUT2D eigenvalue weighted by atomic mass is 9.95. The van der Waals surface area contributed by atoms with E-state index in [0.29, 0.717) is 16.5 Å². The van der Waals surface area contributed by atoms with Crippen molar-refractivity contribution in [2.24, 2.45) is 4.99 Å². The second-order valence-electron chi connectivity index (χ2n) is 5.68. The Morgan fingerprint density at radius 1 is 1.19 bits per heavy atom. The van der Waals surface area contributed by atoms with Gasteiger partial charge in [0.25, 0.3) is 0 Å². The van der Waals surface area contributed by atoms with Gasteiger partial charge in [-0.1, -0.05) is 17.4 Å². The van der Waals surface area contributed by atoms with E-state index in [2.05, 4.69) is 25.6 Å². The van der Waals surface area contributed by atoms with Crippen molar-refractivity contribution >= 4 is 50.0 Å². The summed E-state index contributed by atoms with van der Waals surface area (Å²) in [5.41, 5.74) is 20.2. The monoisotopic (exact) mass is 376 g/mol. The van der Waals surface area contributed by atoms with Crippen molar-refractivity contribution in [1.82, 2.24) is 15.3 Å². The summed E-state index contributed by atoms with van der Waals surface area (Å²) >= 11 is 1.35. The van der Waals surface area contributed by atoms with Crippen LogP contribution in [0.1, 0.15) is 22.7 Å². The molecule has 27 heavy (non-hydrogen) atoms. The van der Waals surface area contributed by atoms with Gasteiger partial charge in [-0.3, -0.25) is 5.32 Å². The summed E-state index contributed by atoms with van der Waals surface area (Å²) in [4.78, 5) is 13.0. The highest BCUT2D eigenvalue weighted by Crippen LogP contribution is 2.41. The van der Waals surface area contributed by atoms with E-state index in [0.717, 1.165) is 15.8 Å². The van der Waals surface area contributed by atoms with Crippen LogP contribution in [0.25, 0.3) is 10.2 Å². The molecule has 11 heteroatoms. The van der Waals surface area contributed by atoms with Gasteiger partial charge in [0.15, 0.2) is 11.3 Å². The Morgan fingerprint density at radius 2 is 2.00 bits per heavy atom. The highest BCUT2D eigenvalue weighted by atomic mass is 32.1. The van der Waals surface area contributed by atoms with E-state index >= 15 is 0 Å². The number of rotatable bonds is 1. The highest BCUT2D eigenvalue weighted by Gasteiger charge is 2.29. The lowest BCUT2D eigenvalue weighted by Gasteiger charge is -2.26. The third-order valence-electron chi connectivity index (χ3n) is 4.10. The number of aromatic nitrogens is 2. The van der Waals surface area contributed by atoms with Gasteiger partial charge in [-0.05, 0) is 17.7 Å². The van der Waals surface area contributed by atoms with Crippen molar-refractivity contribution in [2.75, 3.05) is 22.5 Å². The number of anilines is 4. The fraction of sp³-hybridized carbons (Fsp3) is 0.0625. The molecule has 0 radical (unpaired) electrons. The third kappa shape index (κ3) is 2.59. The van der Waals surface area contributed by atoms with Crippen LogP contribution in [0.3, 0.4) is 0 Å². The minimum Gasteiger partial charge on any atom is -0.397 e. The predicted molar refractivity (Wildman–Crippen MR) is 103 cm³/mol. The average Bonchev–Trinajstić information content (AvgIpc) is 3.00. The molecule has 2 aromatic heterocycles. The standard InChI is InChI=1S/C16H12N10S/c17-4-7-11(19)10-12(6-1-2-8-9(3-6)27-15(21)23-8)24-16(22-5-18)26-14(10)25-13(7)20/h1-3,12H,(H2,21,23)(H6,19,20,22,24,25,26). The Kier molecular flexibility index (Phi) is 3.65. The number of fused-ring (bicyclic) bond motifs is 2. The smallest absolute Gasteiger partial charge is 0.211 e. The van der Waals surface area contributed by atoms with Gasteiger partial charge in [-0.2, -0.15) is 10.5 Å². The Morgan fingerprint density at radius 3 is 2.74 bits per heavy atom. The quantitative estimate of drug-likeness (QED) is 0.307. The molecular weight excluding hydrogens is 364 g/mol. The molecule has 0 saturated carbocycles. The number of hydrogen-bond acceptors (Lipinski definition) is 11. The predicted octanol–water partition coefficient (Wildman–Crippen LogP) is 1.25. The fourth-order valence-corrected chi connectivity index (χ4v) is 3.73. The summed E-state index contributed by atoms with van der Waals surface area (Å²) in [7, 11) is 0. The van der Waals surface area contributed by atoms with Crippen molar-refractivity contribution < 1.29 is 0 Å². The number of nitriles is 2. The maximum atomic E-state index is 9.36. The van der Waals surface area contributed by atoms with E-state index in [-0.39, 0.29) is 23.0 Å². The molecule has 4 rings (SSSR count). The van der Waals surface area contributed by atoms with Gasteiger partial charge in [0, 0.05) is 5.56 Å². The van der Waals surface area contributed by atoms with E-state index in [1.54, 1.807) is 0 Å². The normalized spacial score (nSPS) is 15.2. The minimum atomic E-state index is -0.593. The third-order valence-corrected chi connectivity index (χ3v) is 4.95. The van der Waals surface area contributed by atoms with E-state index < -0.39 is 6.04 Å². The molecule has 8 N–H and O–H groups in total. The Balaban J connectivity index is 1.95. The molecule has 3 heterocycles. The summed E-state index contributed by atoms with van der Waals surface area (Å²) in [5, 5.41) is 24.1. The van der Waals surface area contributed by atoms with Gasteiger partial charge in [0.1, 0.15) is 29.3 Å².